The molecule has 3 nitrogen and oxygen atoms in total. The Labute approximate surface area is 119 Å². The van der Waals surface area contributed by atoms with Crippen molar-refractivity contribution in [3.8, 4) is 5.88 Å². The van der Waals surface area contributed by atoms with E-state index < -0.39 is 0 Å². The summed E-state index contributed by atoms with van der Waals surface area (Å²) in [5.41, 5.74) is 0. The summed E-state index contributed by atoms with van der Waals surface area (Å²) < 4.78 is 6.26. The molecule has 1 aromatic heterocycles. The van der Waals surface area contributed by atoms with Gasteiger partial charge >= 0.3 is 0 Å². The molecule has 2 aliphatic heterocycles. The zero-order chi connectivity index (χ0) is 13.5. The minimum Gasteiger partial charge on any atom is -0.474 e. The van der Waals surface area contributed by atoms with Crippen LogP contribution in [0.5, 0.6) is 5.88 Å². The summed E-state index contributed by atoms with van der Waals surface area (Å²) in [7, 11) is 2.26. The van der Waals surface area contributed by atoms with Crippen molar-refractivity contribution >= 4 is 10.8 Å². The quantitative estimate of drug-likeness (QED) is 0.836. The van der Waals surface area contributed by atoms with Crippen LogP contribution in [-0.4, -0.2) is 35.1 Å². The Bertz CT molecular complexity index is 608. The van der Waals surface area contributed by atoms with E-state index >= 15 is 0 Å². The first-order valence-corrected chi connectivity index (χ1v) is 7.53. The zero-order valence-electron chi connectivity index (χ0n) is 11.8. The molecule has 0 aliphatic carbocycles. The molecule has 1 aromatic carbocycles. The molecule has 2 aromatic rings. The third kappa shape index (κ3) is 1.97. The van der Waals surface area contributed by atoms with E-state index in [0.29, 0.717) is 18.2 Å². The molecule has 3 atom stereocenters. The highest BCUT2D eigenvalue weighted by Crippen LogP contribution is 2.36. The predicted octanol–water partition coefficient (Wildman–Crippen LogP) is 3.24. The Morgan fingerprint density at radius 1 is 1.10 bits per heavy atom. The first-order valence-electron chi connectivity index (χ1n) is 7.53. The van der Waals surface area contributed by atoms with Gasteiger partial charge < -0.3 is 9.64 Å². The molecule has 2 fully saturated rings. The number of rotatable bonds is 2. The van der Waals surface area contributed by atoms with Crippen molar-refractivity contribution in [2.45, 2.75) is 43.9 Å². The monoisotopic (exact) mass is 268 g/mol. The zero-order valence-corrected chi connectivity index (χ0v) is 11.8. The van der Waals surface area contributed by atoms with Gasteiger partial charge in [-0.15, -0.1) is 0 Å². The van der Waals surface area contributed by atoms with Gasteiger partial charge in [-0.3, -0.25) is 0 Å². The van der Waals surface area contributed by atoms with Crippen LogP contribution < -0.4 is 4.74 Å². The maximum atomic E-state index is 6.26. The number of hydrogen-bond donors (Lipinski definition) is 0. The second-order valence-corrected chi connectivity index (χ2v) is 6.10. The van der Waals surface area contributed by atoms with E-state index in [2.05, 4.69) is 41.2 Å². The van der Waals surface area contributed by atoms with Gasteiger partial charge in [-0.1, -0.05) is 18.2 Å². The number of ether oxygens (including phenoxy) is 1. The Morgan fingerprint density at radius 2 is 1.85 bits per heavy atom. The van der Waals surface area contributed by atoms with Gasteiger partial charge in [0.1, 0.15) is 6.10 Å². The molecular weight excluding hydrogens is 248 g/mol. The summed E-state index contributed by atoms with van der Waals surface area (Å²) in [5.74, 6) is 0.803. The predicted molar refractivity (Wildman–Crippen MR) is 80.0 cm³/mol. The van der Waals surface area contributed by atoms with Crippen LogP contribution in [0.3, 0.4) is 0 Å². The lowest BCUT2D eigenvalue weighted by atomic mass is 10.0. The van der Waals surface area contributed by atoms with E-state index in [4.69, 9.17) is 4.74 Å². The van der Waals surface area contributed by atoms with Crippen LogP contribution in [-0.2, 0) is 0 Å². The number of piperidine rings is 1. The lowest BCUT2D eigenvalue weighted by Gasteiger charge is -2.36. The fourth-order valence-electron chi connectivity index (χ4n) is 3.80. The van der Waals surface area contributed by atoms with Crippen molar-refractivity contribution < 1.29 is 4.74 Å². The molecule has 0 saturated carbocycles. The van der Waals surface area contributed by atoms with Crippen LogP contribution in [0.15, 0.2) is 36.5 Å². The summed E-state index contributed by atoms with van der Waals surface area (Å²) >= 11 is 0. The molecule has 20 heavy (non-hydrogen) atoms. The molecular formula is C17H20N2O. The average Bonchev–Trinajstić information content (AvgIpc) is 2.70. The van der Waals surface area contributed by atoms with E-state index in [9.17, 15) is 0 Å². The minimum absolute atomic E-state index is 0.321. The Kier molecular flexibility index (Phi) is 2.88. The Morgan fingerprint density at radius 3 is 2.65 bits per heavy atom. The first kappa shape index (κ1) is 12.2. The van der Waals surface area contributed by atoms with E-state index in [0.717, 1.165) is 24.1 Å². The molecule has 0 N–H and O–H groups in total. The number of aromatic nitrogens is 1. The third-order valence-corrected chi connectivity index (χ3v) is 4.97. The first-order chi connectivity index (χ1) is 9.81. The van der Waals surface area contributed by atoms with Gasteiger partial charge in [-0.25, -0.2) is 4.98 Å². The van der Waals surface area contributed by atoms with Crippen LogP contribution in [0, 0.1) is 0 Å². The average molecular weight is 268 g/mol. The molecule has 104 valence electrons. The molecule has 3 heterocycles. The van der Waals surface area contributed by atoms with Gasteiger partial charge in [0, 0.05) is 23.7 Å². The van der Waals surface area contributed by atoms with E-state index in [1.807, 2.05) is 12.3 Å². The second kappa shape index (κ2) is 4.74. The number of pyridine rings is 1. The standard InChI is InChI=1S/C17H20N2O/c1-19-13-6-7-14(19)11-15(10-13)20-17-16-5-3-2-4-12(16)8-9-18-17/h2-5,8-9,13-15H,6-7,10-11H2,1H3/t13-,14+,15+. The number of hydrogen-bond acceptors (Lipinski definition) is 3. The normalized spacial score (nSPS) is 29.8. The van der Waals surface area contributed by atoms with Gasteiger partial charge in [-0.2, -0.15) is 0 Å². The maximum Gasteiger partial charge on any atom is 0.221 e. The summed E-state index contributed by atoms with van der Waals surface area (Å²) in [4.78, 5) is 6.99. The number of fused-ring (bicyclic) bond motifs is 3. The van der Waals surface area contributed by atoms with Gasteiger partial charge in [0.2, 0.25) is 5.88 Å². The smallest absolute Gasteiger partial charge is 0.221 e. The highest BCUT2D eigenvalue weighted by molar-refractivity contribution is 5.86. The van der Waals surface area contributed by atoms with E-state index in [1.165, 1.54) is 18.2 Å². The molecule has 4 rings (SSSR count). The van der Waals surface area contributed by atoms with Crippen LogP contribution in [0.4, 0.5) is 0 Å². The number of benzene rings is 1. The minimum atomic E-state index is 0.321. The third-order valence-electron chi connectivity index (χ3n) is 4.97. The Hall–Kier alpha value is -1.61. The van der Waals surface area contributed by atoms with Crippen molar-refractivity contribution in [1.29, 1.82) is 0 Å². The van der Waals surface area contributed by atoms with Crippen molar-refractivity contribution in [2.24, 2.45) is 0 Å². The fraction of sp³-hybridized carbons (Fsp3) is 0.471. The molecule has 0 unspecified atom stereocenters. The summed E-state index contributed by atoms with van der Waals surface area (Å²) in [5, 5.41) is 2.33. The molecule has 2 saturated heterocycles. The molecule has 2 bridgehead atoms. The van der Waals surface area contributed by atoms with E-state index in [-0.39, 0.29) is 0 Å². The molecule has 2 aliphatic rings. The summed E-state index contributed by atoms with van der Waals surface area (Å²) in [6, 6.07) is 11.8. The molecule has 0 amide bonds. The molecule has 3 heteroatoms. The number of nitrogens with zero attached hydrogens (tertiary/aromatic N) is 2. The van der Waals surface area contributed by atoms with Crippen molar-refractivity contribution in [3.63, 3.8) is 0 Å². The molecule has 0 radical (unpaired) electrons. The lowest BCUT2D eigenvalue weighted by molar-refractivity contribution is 0.0643. The van der Waals surface area contributed by atoms with Crippen molar-refractivity contribution in [1.82, 2.24) is 9.88 Å². The van der Waals surface area contributed by atoms with Gasteiger partial charge in [-0.05, 0) is 50.2 Å². The molecule has 0 spiro atoms. The Balaban J connectivity index is 1.59. The van der Waals surface area contributed by atoms with Gasteiger partial charge in [0.05, 0.1) is 0 Å². The van der Waals surface area contributed by atoms with Gasteiger partial charge in [0.15, 0.2) is 0 Å². The summed E-state index contributed by atoms with van der Waals surface area (Å²) in [6.07, 6.45) is 7.09. The maximum absolute atomic E-state index is 6.26. The SMILES string of the molecule is CN1[C@@H]2CC[C@H]1C[C@@H](Oc1nccc3ccccc13)C2. The second-order valence-electron chi connectivity index (χ2n) is 6.10. The topological polar surface area (TPSA) is 25.4 Å². The lowest BCUT2D eigenvalue weighted by Crippen LogP contribution is -2.43. The van der Waals surface area contributed by atoms with E-state index in [1.54, 1.807) is 0 Å². The van der Waals surface area contributed by atoms with Crippen molar-refractivity contribution in [3.05, 3.63) is 36.5 Å². The highest BCUT2D eigenvalue weighted by Gasteiger charge is 2.39. The summed E-state index contributed by atoms with van der Waals surface area (Å²) in [6.45, 7) is 0. The van der Waals surface area contributed by atoms with Crippen LogP contribution in [0.1, 0.15) is 25.7 Å². The highest BCUT2D eigenvalue weighted by atomic mass is 16.5. The van der Waals surface area contributed by atoms with Crippen LogP contribution >= 0.6 is 0 Å². The van der Waals surface area contributed by atoms with Crippen LogP contribution in [0.25, 0.3) is 10.8 Å². The van der Waals surface area contributed by atoms with Crippen LogP contribution in [0.2, 0.25) is 0 Å². The van der Waals surface area contributed by atoms with Crippen molar-refractivity contribution in [2.75, 3.05) is 7.05 Å². The van der Waals surface area contributed by atoms with Gasteiger partial charge in [0.25, 0.3) is 0 Å². The largest absolute Gasteiger partial charge is 0.474 e. The fourth-order valence-corrected chi connectivity index (χ4v) is 3.80.